The Balaban J connectivity index is 1.79. The number of nitrogens with one attached hydrogen (secondary N) is 1. The summed E-state index contributed by atoms with van der Waals surface area (Å²) in [6, 6.07) is 5.76. The number of unbranched alkanes of at least 4 members (excludes halogenated alkanes) is 3. The fraction of sp³-hybridized carbons (Fsp3) is 0.529. The lowest BCUT2D eigenvalue weighted by Gasteiger charge is -2.09. The van der Waals surface area contributed by atoms with E-state index in [-0.39, 0.29) is 0 Å². The van der Waals surface area contributed by atoms with Gasteiger partial charge >= 0.3 is 0 Å². The number of aromatic nitrogens is 2. The lowest BCUT2D eigenvalue weighted by atomic mass is 10.0. The number of nitrogens with two attached hydrogens (primary N) is 1. The van der Waals surface area contributed by atoms with Crippen LogP contribution >= 0.6 is 0 Å². The van der Waals surface area contributed by atoms with Crippen LogP contribution in [0.25, 0.3) is 10.9 Å². The number of hydrogen-bond donors (Lipinski definition) is 2. The first kappa shape index (κ1) is 15.5. The van der Waals surface area contributed by atoms with Crippen molar-refractivity contribution < 1.29 is 0 Å². The molecular weight excluding hydrogens is 260 g/mol. The zero-order valence-corrected chi connectivity index (χ0v) is 13.1. The number of fused-ring (bicyclic) bond motifs is 1. The highest BCUT2D eigenvalue weighted by Gasteiger charge is 2.03. The molecule has 114 valence electrons. The Morgan fingerprint density at radius 1 is 1.10 bits per heavy atom. The monoisotopic (exact) mass is 286 g/mol. The summed E-state index contributed by atoms with van der Waals surface area (Å²) in [5.74, 6) is 1.73. The van der Waals surface area contributed by atoms with Crippen LogP contribution in [0.4, 0.5) is 11.5 Å². The number of benzene rings is 1. The first-order chi connectivity index (χ1) is 10.2. The summed E-state index contributed by atoms with van der Waals surface area (Å²) in [6.45, 7) is 5.53. The molecule has 0 bridgehead atoms. The summed E-state index contributed by atoms with van der Waals surface area (Å²) in [6.07, 6.45) is 8.04. The third-order valence-electron chi connectivity index (χ3n) is 3.66. The van der Waals surface area contributed by atoms with Crippen LogP contribution in [0.3, 0.4) is 0 Å². The normalized spacial score (nSPS) is 11.2. The first-order valence-corrected chi connectivity index (χ1v) is 7.91. The van der Waals surface area contributed by atoms with Gasteiger partial charge in [0, 0.05) is 17.6 Å². The second kappa shape index (κ2) is 7.81. The lowest BCUT2D eigenvalue weighted by molar-refractivity contribution is 0.523. The van der Waals surface area contributed by atoms with E-state index in [4.69, 9.17) is 5.73 Å². The molecule has 0 radical (unpaired) electrons. The topological polar surface area (TPSA) is 63.8 Å². The van der Waals surface area contributed by atoms with Crippen molar-refractivity contribution in [3.63, 3.8) is 0 Å². The van der Waals surface area contributed by atoms with E-state index < -0.39 is 0 Å². The lowest BCUT2D eigenvalue weighted by Crippen LogP contribution is -2.04. The minimum absolute atomic E-state index is 0.734. The van der Waals surface area contributed by atoms with E-state index in [0.29, 0.717) is 0 Å². The summed E-state index contributed by atoms with van der Waals surface area (Å²) in [5.41, 5.74) is 7.41. The van der Waals surface area contributed by atoms with Crippen LogP contribution in [0.15, 0.2) is 24.5 Å². The molecule has 0 atom stereocenters. The summed E-state index contributed by atoms with van der Waals surface area (Å²) < 4.78 is 0. The fourth-order valence-corrected chi connectivity index (χ4v) is 2.45. The molecule has 0 saturated carbocycles. The molecule has 21 heavy (non-hydrogen) atoms. The predicted octanol–water partition coefficient (Wildman–Crippen LogP) is 4.23. The van der Waals surface area contributed by atoms with Crippen molar-refractivity contribution in [2.24, 2.45) is 5.92 Å². The maximum Gasteiger partial charge on any atom is 0.137 e. The molecule has 2 aromatic rings. The Hall–Kier alpha value is -1.84. The van der Waals surface area contributed by atoms with Crippen LogP contribution in [0, 0.1) is 5.92 Å². The molecule has 2 rings (SSSR count). The molecule has 0 fully saturated rings. The van der Waals surface area contributed by atoms with Gasteiger partial charge in [0.25, 0.3) is 0 Å². The van der Waals surface area contributed by atoms with E-state index in [1.807, 2.05) is 18.2 Å². The third-order valence-corrected chi connectivity index (χ3v) is 3.66. The second-order valence-electron chi connectivity index (χ2n) is 6.02. The highest BCUT2D eigenvalue weighted by atomic mass is 15.0. The zero-order chi connectivity index (χ0) is 15.1. The van der Waals surface area contributed by atoms with Crippen molar-refractivity contribution in [1.29, 1.82) is 0 Å². The largest absolute Gasteiger partial charge is 0.399 e. The van der Waals surface area contributed by atoms with E-state index in [2.05, 4.69) is 29.1 Å². The Labute approximate surface area is 127 Å². The molecule has 0 saturated heterocycles. The molecule has 0 amide bonds. The van der Waals surface area contributed by atoms with Crippen molar-refractivity contribution in [2.75, 3.05) is 17.6 Å². The molecule has 1 heterocycles. The van der Waals surface area contributed by atoms with Gasteiger partial charge in [-0.1, -0.05) is 39.5 Å². The van der Waals surface area contributed by atoms with Gasteiger partial charge in [0.1, 0.15) is 12.1 Å². The van der Waals surface area contributed by atoms with Crippen molar-refractivity contribution in [2.45, 2.75) is 46.0 Å². The van der Waals surface area contributed by atoms with Gasteiger partial charge in [0.2, 0.25) is 0 Å². The van der Waals surface area contributed by atoms with Gasteiger partial charge in [0.05, 0.1) is 5.52 Å². The average Bonchev–Trinajstić information content (AvgIpc) is 2.45. The molecule has 0 aliphatic rings. The number of nitrogens with zero attached hydrogens (tertiary/aromatic N) is 2. The Morgan fingerprint density at radius 2 is 1.90 bits per heavy atom. The van der Waals surface area contributed by atoms with Crippen LogP contribution in [-0.2, 0) is 0 Å². The van der Waals surface area contributed by atoms with E-state index in [9.17, 15) is 0 Å². The van der Waals surface area contributed by atoms with E-state index >= 15 is 0 Å². The molecule has 1 aromatic carbocycles. The SMILES string of the molecule is CC(C)CCCCCCNc1ncnc2cc(N)ccc12. The van der Waals surface area contributed by atoms with Crippen molar-refractivity contribution >= 4 is 22.4 Å². The molecule has 0 unspecified atom stereocenters. The van der Waals surface area contributed by atoms with E-state index in [1.165, 1.54) is 32.1 Å². The molecule has 0 aliphatic carbocycles. The number of hydrogen-bond acceptors (Lipinski definition) is 4. The standard InChI is InChI=1S/C17H26N4/c1-13(2)7-5-3-4-6-10-19-17-15-9-8-14(18)11-16(15)20-12-21-17/h8-9,11-13H,3-7,10,18H2,1-2H3,(H,19,20,21). The first-order valence-electron chi connectivity index (χ1n) is 7.91. The molecule has 4 heteroatoms. The maximum atomic E-state index is 5.78. The fourth-order valence-electron chi connectivity index (χ4n) is 2.45. The highest BCUT2D eigenvalue weighted by molar-refractivity contribution is 5.90. The summed E-state index contributed by atoms with van der Waals surface area (Å²) in [5, 5.41) is 4.45. The third kappa shape index (κ3) is 4.88. The van der Waals surface area contributed by atoms with Crippen LogP contribution in [-0.4, -0.2) is 16.5 Å². The van der Waals surface area contributed by atoms with Gasteiger partial charge < -0.3 is 11.1 Å². The van der Waals surface area contributed by atoms with Crippen LogP contribution in [0.1, 0.15) is 46.0 Å². The van der Waals surface area contributed by atoms with Crippen LogP contribution in [0.5, 0.6) is 0 Å². The molecule has 0 aliphatic heterocycles. The smallest absolute Gasteiger partial charge is 0.137 e. The van der Waals surface area contributed by atoms with E-state index in [0.717, 1.165) is 34.9 Å². The predicted molar refractivity (Wildman–Crippen MR) is 90.4 cm³/mol. The highest BCUT2D eigenvalue weighted by Crippen LogP contribution is 2.21. The Bertz CT molecular complexity index is 566. The summed E-state index contributed by atoms with van der Waals surface area (Å²) in [7, 11) is 0. The average molecular weight is 286 g/mol. The molecule has 3 N–H and O–H groups in total. The van der Waals surface area contributed by atoms with Crippen molar-refractivity contribution in [3.8, 4) is 0 Å². The van der Waals surface area contributed by atoms with Gasteiger partial charge in [-0.3, -0.25) is 0 Å². The second-order valence-corrected chi connectivity index (χ2v) is 6.02. The van der Waals surface area contributed by atoms with E-state index in [1.54, 1.807) is 6.33 Å². The number of rotatable bonds is 8. The van der Waals surface area contributed by atoms with Gasteiger partial charge in [-0.25, -0.2) is 9.97 Å². The molecular formula is C17H26N4. The minimum atomic E-state index is 0.734. The summed E-state index contributed by atoms with van der Waals surface area (Å²) >= 11 is 0. The maximum absolute atomic E-state index is 5.78. The van der Waals surface area contributed by atoms with Gasteiger partial charge in [-0.15, -0.1) is 0 Å². The Kier molecular flexibility index (Phi) is 5.78. The molecule has 4 nitrogen and oxygen atoms in total. The minimum Gasteiger partial charge on any atom is -0.399 e. The van der Waals surface area contributed by atoms with Crippen molar-refractivity contribution in [3.05, 3.63) is 24.5 Å². The number of anilines is 2. The van der Waals surface area contributed by atoms with Gasteiger partial charge in [-0.05, 0) is 30.5 Å². The molecule has 1 aromatic heterocycles. The number of nitrogen functional groups attached to an aromatic ring is 1. The quantitative estimate of drug-likeness (QED) is 0.563. The van der Waals surface area contributed by atoms with Crippen molar-refractivity contribution in [1.82, 2.24) is 9.97 Å². The van der Waals surface area contributed by atoms with Crippen LogP contribution < -0.4 is 11.1 Å². The Morgan fingerprint density at radius 3 is 2.71 bits per heavy atom. The molecule has 0 spiro atoms. The van der Waals surface area contributed by atoms with Crippen LogP contribution in [0.2, 0.25) is 0 Å². The van der Waals surface area contributed by atoms with Gasteiger partial charge in [0.15, 0.2) is 0 Å². The summed E-state index contributed by atoms with van der Waals surface area (Å²) in [4.78, 5) is 8.59. The zero-order valence-electron chi connectivity index (χ0n) is 13.1. The van der Waals surface area contributed by atoms with Gasteiger partial charge in [-0.2, -0.15) is 0 Å².